The number of aromatic amines is 1. The number of halogens is 2. The van der Waals surface area contributed by atoms with Crippen molar-refractivity contribution in [1.29, 1.82) is 0 Å². The third-order valence-corrected chi connectivity index (χ3v) is 6.79. The van der Waals surface area contributed by atoms with Gasteiger partial charge in [-0.25, -0.2) is 13.8 Å². The standard InChI is InChI=1S/C23H30F2N6O2/c1-28-3-5-29(6-4-28)14-16-12-18(24)21(19(25)13-16)30-7-9-31(10-8-30)23-26-20-2-11-33-15-17(20)22(32)27-23/h12-13H,2-11,14-15H2,1H3,(H,26,27,32). The van der Waals surface area contributed by atoms with Crippen molar-refractivity contribution in [3.63, 3.8) is 0 Å². The van der Waals surface area contributed by atoms with E-state index in [1.165, 1.54) is 12.1 Å². The highest BCUT2D eigenvalue weighted by atomic mass is 19.1. The summed E-state index contributed by atoms with van der Waals surface area (Å²) in [6.45, 7) is 7.03. The Balaban J connectivity index is 1.25. The van der Waals surface area contributed by atoms with E-state index >= 15 is 0 Å². The van der Waals surface area contributed by atoms with Gasteiger partial charge in [-0.2, -0.15) is 0 Å². The average Bonchev–Trinajstić information content (AvgIpc) is 2.81. The maximum atomic E-state index is 15.0. The van der Waals surface area contributed by atoms with Crippen molar-refractivity contribution >= 4 is 11.6 Å². The summed E-state index contributed by atoms with van der Waals surface area (Å²) in [5, 5.41) is 0. The van der Waals surface area contributed by atoms with Gasteiger partial charge >= 0.3 is 0 Å². The van der Waals surface area contributed by atoms with Crippen LogP contribution < -0.4 is 15.4 Å². The Kier molecular flexibility index (Phi) is 6.31. The molecule has 178 valence electrons. The van der Waals surface area contributed by atoms with Crippen LogP contribution in [-0.2, 0) is 24.3 Å². The summed E-state index contributed by atoms with van der Waals surface area (Å²) in [4.78, 5) is 28.0. The van der Waals surface area contributed by atoms with Gasteiger partial charge in [0.1, 0.15) is 17.3 Å². The Labute approximate surface area is 191 Å². The zero-order valence-corrected chi connectivity index (χ0v) is 18.9. The average molecular weight is 461 g/mol. The molecule has 0 amide bonds. The molecule has 0 saturated carbocycles. The van der Waals surface area contributed by atoms with Gasteiger partial charge in [-0.1, -0.05) is 0 Å². The maximum Gasteiger partial charge on any atom is 0.258 e. The van der Waals surface area contributed by atoms with Crippen LogP contribution in [0.4, 0.5) is 20.4 Å². The molecule has 0 radical (unpaired) electrons. The zero-order valence-electron chi connectivity index (χ0n) is 18.9. The van der Waals surface area contributed by atoms with Crippen LogP contribution in [0.15, 0.2) is 16.9 Å². The van der Waals surface area contributed by atoms with E-state index in [2.05, 4.69) is 26.8 Å². The lowest BCUT2D eigenvalue weighted by Crippen LogP contribution is -2.48. The van der Waals surface area contributed by atoms with Crippen LogP contribution in [0.2, 0.25) is 0 Å². The highest BCUT2D eigenvalue weighted by Gasteiger charge is 2.26. The second-order valence-corrected chi connectivity index (χ2v) is 9.08. The van der Waals surface area contributed by atoms with Crippen molar-refractivity contribution in [1.82, 2.24) is 19.8 Å². The number of hydrogen-bond acceptors (Lipinski definition) is 7. The van der Waals surface area contributed by atoms with E-state index in [1.54, 1.807) is 4.90 Å². The molecule has 1 aromatic carbocycles. The molecule has 0 atom stereocenters. The monoisotopic (exact) mass is 460 g/mol. The summed E-state index contributed by atoms with van der Waals surface area (Å²) >= 11 is 0. The van der Waals surface area contributed by atoms with Crippen LogP contribution in [0.1, 0.15) is 16.8 Å². The minimum absolute atomic E-state index is 0.0285. The number of nitrogens with zero attached hydrogens (tertiary/aromatic N) is 5. The van der Waals surface area contributed by atoms with Crippen LogP contribution in [0.5, 0.6) is 0 Å². The first kappa shape index (κ1) is 22.2. The number of aromatic nitrogens is 2. The van der Waals surface area contributed by atoms with Crippen molar-refractivity contribution in [3.05, 3.63) is 50.9 Å². The number of fused-ring (bicyclic) bond motifs is 1. The fourth-order valence-electron chi connectivity index (χ4n) is 4.80. The van der Waals surface area contributed by atoms with E-state index < -0.39 is 11.6 Å². The Bertz CT molecular complexity index is 1040. The predicted molar refractivity (Wildman–Crippen MR) is 122 cm³/mol. The van der Waals surface area contributed by atoms with Crippen molar-refractivity contribution in [2.75, 3.05) is 75.8 Å². The second-order valence-electron chi connectivity index (χ2n) is 9.08. The lowest BCUT2D eigenvalue weighted by molar-refractivity contribution is 0.108. The highest BCUT2D eigenvalue weighted by molar-refractivity contribution is 5.52. The molecule has 2 fully saturated rings. The second kappa shape index (κ2) is 9.36. The molecule has 8 nitrogen and oxygen atoms in total. The van der Waals surface area contributed by atoms with Crippen LogP contribution in [-0.4, -0.2) is 85.8 Å². The van der Waals surface area contributed by atoms with Gasteiger partial charge in [-0.3, -0.25) is 14.7 Å². The molecule has 0 bridgehead atoms. The Morgan fingerprint density at radius 3 is 2.36 bits per heavy atom. The van der Waals surface area contributed by atoms with Gasteiger partial charge < -0.3 is 19.4 Å². The number of anilines is 2. The molecule has 3 aliphatic rings. The van der Waals surface area contributed by atoms with E-state index in [9.17, 15) is 13.6 Å². The first-order valence-corrected chi connectivity index (χ1v) is 11.6. The van der Waals surface area contributed by atoms with Crippen molar-refractivity contribution < 1.29 is 13.5 Å². The Morgan fingerprint density at radius 2 is 1.67 bits per heavy atom. The van der Waals surface area contributed by atoms with E-state index in [-0.39, 0.29) is 17.9 Å². The first-order valence-electron chi connectivity index (χ1n) is 11.6. The molecule has 5 rings (SSSR count). The summed E-state index contributed by atoms with van der Waals surface area (Å²) in [6.07, 6.45) is 0.614. The summed E-state index contributed by atoms with van der Waals surface area (Å²) in [7, 11) is 2.08. The molecule has 1 aromatic heterocycles. The van der Waals surface area contributed by atoms with Gasteiger partial charge in [0.2, 0.25) is 5.95 Å². The van der Waals surface area contributed by atoms with Gasteiger partial charge in [0.25, 0.3) is 5.56 Å². The minimum Gasteiger partial charge on any atom is -0.376 e. The quantitative estimate of drug-likeness (QED) is 0.735. The minimum atomic E-state index is -0.520. The third kappa shape index (κ3) is 4.73. The normalized spacial score (nSPS) is 20.2. The molecule has 0 aliphatic carbocycles. The maximum absolute atomic E-state index is 15.0. The van der Waals surface area contributed by atoms with E-state index in [0.29, 0.717) is 62.8 Å². The van der Waals surface area contributed by atoms with Gasteiger partial charge in [-0.15, -0.1) is 0 Å². The first-order chi connectivity index (χ1) is 16.0. The number of benzene rings is 1. The molecule has 10 heteroatoms. The summed E-state index contributed by atoms with van der Waals surface area (Å²) in [5.74, 6) is -0.524. The molecule has 0 spiro atoms. The molecule has 3 aliphatic heterocycles. The highest BCUT2D eigenvalue weighted by Crippen LogP contribution is 2.27. The van der Waals surface area contributed by atoms with E-state index in [0.717, 1.165) is 31.9 Å². The molecule has 0 unspecified atom stereocenters. The number of H-pyrrole nitrogens is 1. The molecular formula is C23H30F2N6O2. The van der Waals surface area contributed by atoms with Crippen LogP contribution >= 0.6 is 0 Å². The number of rotatable bonds is 4. The lowest BCUT2D eigenvalue weighted by Gasteiger charge is -2.37. The molecule has 2 aromatic rings. The summed E-state index contributed by atoms with van der Waals surface area (Å²) < 4.78 is 35.3. The molecule has 1 N–H and O–H groups in total. The number of hydrogen-bond donors (Lipinski definition) is 1. The molecular weight excluding hydrogens is 430 g/mol. The lowest BCUT2D eigenvalue weighted by atomic mass is 10.1. The van der Waals surface area contributed by atoms with Crippen molar-refractivity contribution in [2.45, 2.75) is 19.6 Å². The summed E-state index contributed by atoms with van der Waals surface area (Å²) in [5.41, 5.74) is 1.88. The van der Waals surface area contributed by atoms with Crippen molar-refractivity contribution in [3.8, 4) is 0 Å². The van der Waals surface area contributed by atoms with Gasteiger partial charge in [0, 0.05) is 65.3 Å². The van der Waals surface area contributed by atoms with E-state index in [1.807, 2.05) is 4.90 Å². The number of piperazine rings is 2. The third-order valence-electron chi connectivity index (χ3n) is 6.79. The topological polar surface area (TPSA) is 67.9 Å². The Hall–Kier alpha value is -2.56. The molecule has 2 saturated heterocycles. The van der Waals surface area contributed by atoms with Crippen LogP contribution in [0.3, 0.4) is 0 Å². The molecule has 33 heavy (non-hydrogen) atoms. The fourth-order valence-corrected chi connectivity index (χ4v) is 4.80. The number of nitrogens with one attached hydrogen (secondary N) is 1. The fraction of sp³-hybridized carbons (Fsp3) is 0.565. The number of likely N-dealkylation sites (N-methyl/N-ethyl adjacent to an activating group) is 1. The number of ether oxygens (including phenoxy) is 1. The smallest absolute Gasteiger partial charge is 0.258 e. The van der Waals surface area contributed by atoms with Crippen molar-refractivity contribution in [2.24, 2.45) is 0 Å². The Morgan fingerprint density at radius 1 is 1.00 bits per heavy atom. The van der Waals surface area contributed by atoms with Gasteiger partial charge in [0.05, 0.1) is 24.5 Å². The van der Waals surface area contributed by atoms with Gasteiger partial charge in [-0.05, 0) is 24.7 Å². The summed E-state index contributed by atoms with van der Waals surface area (Å²) in [6, 6.07) is 2.93. The van der Waals surface area contributed by atoms with Gasteiger partial charge in [0.15, 0.2) is 0 Å². The SMILES string of the molecule is CN1CCN(Cc2cc(F)c(N3CCN(c4nc5c(c(=O)[nH]4)COCC5)CC3)c(F)c2)CC1. The molecule has 4 heterocycles. The predicted octanol–water partition coefficient (Wildman–Crippen LogP) is 1.19. The van der Waals surface area contributed by atoms with Crippen LogP contribution in [0, 0.1) is 11.6 Å². The largest absolute Gasteiger partial charge is 0.376 e. The zero-order chi connectivity index (χ0) is 22.9. The van der Waals surface area contributed by atoms with E-state index in [4.69, 9.17) is 4.74 Å². The van der Waals surface area contributed by atoms with Crippen LogP contribution in [0.25, 0.3) is 0 Å².